The Balaban J connectivity index is 1.48. The molecule has 96 valence electrons. The van der Waals surface area contributed by atoms with Gasteiger partial charge in [-0.1, -0.05) is 18.2 Å². The zero-order chi connectivity index (χ0) is 12.0. The smallest absolute Gasteiger partial charge is 0.119 e. The van der Waals surface area contributed by atoms with Gasteiger partial charge in [-0.25, -0.2) is 0 Å². The molecule has 4 aliphatic carbocycles. The molecule has 0 N–H and O–H groups in total. The van der Waals surface area contributed by atoms with Gasteiger partial charge < -0.3 is 4.74 Å². The van der Waals surface area contributed by atoms with Crippen LogP contribution in [0.15, 0.2) is 30.3 Å². The average molecular weight is 242 g/mol. The lowest BCUT2D eigenvalue weighted by Crippen LogP contribution is -2.48. The van der Waals surface area contributed by atoms with Gasteiger partial charge in [-0.3, -0.25) is 0 Å². The summed E-state index contributed by atoms with van der Waals surface area (Å²) in [5, 5.41) is 0. The SMILES string of the molecule is c1ccc(OCC23CC4CC(CC(C4)C2)C3)cc1. The molecule has 4 bridgehead atoms. The van der Waals surface area contributed by atoms with E-state index in [1.54, 1.807) is 0 Å². The molecule has 0 unspecified atom stereocenters. The van der Waals surface area contributed by atoms with E-state index in [1.807, 2.05) is 0 Å². The standard InChI is InChI=1S/C17H22O/c1-2-4-16(5-3-1)18-12-17-9-13-6-14(10-17)8-15(7-13)11-17/h1-5,13-15H,6-12H2. The first-order chi connectivity index (χ1) is 8.81. The second-order valence-electron chi connectivity index (χ2n) is 7.02. The van der Waals surface area contributed by atoms with Crippen LogP contribution in [-0.4, -0.2) is 6.61 Å². The van der Waals surface area contributed by atoms with E-state index < -0.39 is 0 Å². The fraction of sp³-hybridized carbons (Fsp3) is 0.647. The van der Waals surface area contributed by atoms with E-state index in [1.165, 1.54) is 38.5 Å². The minimum Gasteiger partial charge on any atom is -0.493 e. The van der Waals surface area contributed by atoms with Crippen molar-refractivity contribution in [3.63, 3.8) is 0 Å². The van der Waals surface area contributed by atoms with Crippen molar-refractivity contribution in [2.45, 2.75) is 38.5 Å². The number of rotatable bonds is 3. The van der Waals surface area contributed by atoms with Gasteiger partial charge in [0.25, 0.3) is 0 Å². The predicted octanol–water partition coefficient (Wildman–Crippen LogP) is 4.28. The third-order valence-electron chi connectivity index (χ3n) is 5.45. The highest BCUT2D eigenvalue weighted by Crippen LogP contribution is 2.59. The van der Waals surface area contributed by atoms with Crippen molar-refractivity contribution in [1.29, 1.82) is 0 Å². The zero-order valence-electron chi connectivity index (χ0n) is 11.0. The van der Waals surface area contributed by atoms with Crippen LogP contribution >= 0.6 is 0 Å². The van der Waals surface area contributed by atoms with Gasteiger partial charge in [0, 0.05) is 5.41 Å². The van der Waals surface area contributed by atoms with E-state index in [2.05, 4.69) is 30.3 Å². The third kappa shape index (κ3) is 1.84. The summed E-state index contributed by atoms with van der Waals surface area (Å²) in [6, 6.07) is 10.3. The molecule has 1 aromatic rings. The van der Waals surface area contributed by atoms with Crippen molar-refractivity contribution < 1.29 is 4.74 Å². The quantitative estimate of drug-likeness (QED) is 0.768. The molecule has 4 saturated carbocycles. The molecule has 0 aromatic heterocycles. The topological polar surface area (TPSA) is 9.23 Å². The Morgan fingerprint density at radius 2 is 1.44 bits per heavy atom. The summed E-state index contributed by atoms with van der Waals surface area (Å²) in [5.41, 5.74) is 0.532. The van der Waals surface area contributed by atoms with Crippen LogP contribution in [0.25, 0.3) is 0 Å². The molecule has 0 radical (unpaired) electrons. The second kappa shape index (κ2) is 4.01. The molecule has 0 atom stereocenters. The van der Waals surface area contributed by atoms with Crippen molar-refractivity contribution >= 4 is 0 Å². The van der Waals surface area contributed by atoms with Crippen LogP contribution in [0.2, 0.25) is 0 Å². The van der Waals surface area contributed by atoms with Crippen LogP contribution in [-0.2, 0) is 0 Å². The number of ether oxygens (including phenoxy) is 1. The van der Waals surface area contributed by atoms with Gasteiger partial charge in [0.15, 0.2) is 0 Å². The Morgan fingerprint density at radius 1 is 0.889 bits per heavy atom. The van der Waals surface area contributed by atoms with Crippen molar-refractivity contribution in [1.82, 2.24) is 0 Å². The van der Waals surface area contributed by atoms with E-state index >= 15 is 0 Å². The van der Waals surface area contributed by atoms with Crippen molar-refractivity contribution in [3.8, 4) is 5.75 Å². The van der Waals surface area contributed by atoms with Crippen LogP contribution in [0.3, 0.4) is 0 Å². The van der Waals surface area contributed by atoms with E-state index in [-0.39, 0.29) is 0 Å². The number of hydrogen-bond donors (Lipinski definition) is 0. The molecule has 4 aliphatic rings. The van der Waals surface area contributed by atoms with Crippen molar-refractivity contribution in [2.75, 3.05) is 6.61 Å². The average Bonchev–Trinajstić information content (AvgIpc) is 2.36. The van der Waals surface area contributed by atoms with E-state index in [0.29, 0.717) is 5.41 Å². The lowest BCUT2D eigenvalue weighted by molar-refractivity contribution is -0.0745. The predicted molar refractivity (Wildman–Crippen MR) is 72.5 cm³/mol. The monoisotopic (exact) mass is 242 g/mol. The lowest BCUT2D eigenvalue weighted by atomic mass is 9.50. The largest absolute Gasteiger partial charge is 0.493 e. The van der Waals surface area contributed by atoms with Gasteiger partial charge in [-0.2, -0.15) is 0 Å². The van der Waals surface area contributed by atoms with Gasteiger partial charge in [0.1, 0.15) is 5.75 Å². The Morgan fingerprint density at radius 3 is 2.00 bits per heavy atom. The molecule has 1 heteroatoms. The maximum atomic E-state index is 6.09. The van der Waals surface area contributed by atoms with Gasteiger partial charge in [0.2, 0.25) is 0 Å². The minimum absolute atomic E-state index is 0.532. The van der Waals surface area contributed by atoms with Crippen LogP contribution in [0.1, 0.15) is 38.5 Å². The molecule has 1 aromatic carbocycles. The second-order valence-corrected chi connectivity index (χ2v) is 7.02. The Hall–Kier alpha value is -0.980. The van der Waals surface area contributed by atoms with Crippen LogP contribution in [0.4, 0.5) is 0 Å². The molecule has 4 fully saturated rings. The Kier molecular flexibility index (Phi) is 2.43. The molecule has 0 saturated heterocycles. The summed E-state index contributed by atoms with van der Waals surface area (Å²) in [5.74, 6) is 4.12. The van der Waals surface area contributed by atoms with Gasteiger partial charge in [-0.05, 0) is 68.4 Å². The van der Waals surface area contributed by atoms with Crippen LogP contribution < -0.4 is 4.74 Å². The minimum atomic E-state index is 0.532. The molecule has 0 spiro atoms. The van der Waals surface area contributed by atoms with E-state index in [4.69, 9.17) is 4.74 Å². The highest BCUT2D eigenvalue weighted by atomic mass is 16.5. The summed E-state index contributed by atoms with van der Waals surface area (Å²) in [6.45, 7) is 0.959. The molecule has 18 heavy (non-hydrogen) atoms. The van der Waals surface area contributed by atoms with E-state index in [0.717, 1.165) is 30.1 Å². The summed E-state index contributed by atoms with van der Waals surface area (Å²) in [6.07, 6.45) is 8.86. The highest BCUT2D eigenvalue weighted by Gasteiger charge is 2.51. The van der Waals surface area contributed by atoms with Gasteiger partial charge >= 0.3 is 0 Å². The zero-order valence-corrected chi connectivity index (χ0v) is 11.0. The number of hydrogen-bond acceptors (Lipinski definition) is 1. The first kappa shape index (κ1) is 10.9. The fourth-order valence-electron chi connectivity index (χ4n) is 5.22. The van der Waals surface area contributed by atoms with Gasteiger partial charge in [0.05, 0.1) is 6.61 Å². The molecule has 0 amide bonds. The maximum Gasteiger partial charge on any atom is 0.119 e. The number of para-hydroxylation sites is 1. The first-order valence-corrected chi connectivity index (χ1v) is 7.49. The maximum absolute atomic E-state index is 6.09. The fourth-order valence-corrected chi connectivity index (χ4v) is 5.22. The summed E-state index contributed by atoms with van der Waals surface area (Å²) >= 11 is 0. The Bertz CT molecular complexity index is 387. The van der Waals surface area contributed by atoms with Crippen molar-refractivity contribution in [2.24, 2.45) is 23.2 Å². The molecule has 1 nitrogen and oxygen atoms in total. The molecule has 0 heterocycles. The van der Waals surface area contributed by atoms with E-state index in [9.17, 15) is 0 Å². The van der Waals surface area contributed by atoms with Crippen molar-refractivity contribution in [3.05, 3.63) is 30.3 Å². The normalized spacial score (nSPS) is 41.0. The first-order valence-electron chi connectivity index (χ1n) is 7.49. The van der Waals surface area contributed by atoms with Gasteiger partial charge in [-0.15, -0.1) is 0 Å². The number of benzene rings is 1. The molecule has 5 rings (SSSR count). The lowest BCUT2D eigenvalue weighted by Gasteiger charge is -2.56. The van der Waals surface area contributed by atoms with Crippen LogP contribution in [0, 0.1) is 23.2 Å². The van der Waals surface area contributed by atoms with Crippen LogP contribution in [0.5, 0.6) is 5.75 Å². The summed E-state index contributed by atoms with van der Waals surface area (Å²) in [7, 11) is 0. The summed E-state index contributed by atoms with van der Waals surface area (Å²) in [4.78, 5) is 0. The highest BCUT2D eigenvalue weighted by molar-refractivity contribution is 5.21. The Labute approximate surface area is 110 Å². The summed E-state index contributed by atoms with van der Waals surface area (Å²) < 4.78 is 6.09. The third-order valence-corrected chi connectivity index (χ3v) is 5.45. The molecule has 0 aliphatic heterocycles. The molecular weight excluding hydrogens is 220 g/mol. The molecular formula is C17H22O.